The van der Waals surface area contributed by atoms with Gasteiger partial charge in [-0.3, -0.25) is 19.5 Å². The molecular weight excluding hydrogens is 463 g/mol. The Kier molecular flexibility index (Phi) is 7.32. The van der Waals surface area contributed by atoms with Crippen LogP contribution in [0, 0.1) is 17.5 Å². The first-order chi connectivity index (χ1) is 16.4. The number of hydrogen-bond donors (Lipinski definition) is 1. The van der Waals surface area contributed by atoms with E-state index in [0.29, 0.717) is 16.4 Å². The standard InChI is InChI=1S/C25H20F3N3O2S/c26-18-5-1-16(2-6-18)14-29-25-31(15-17-3-7-19(27)8-4-17)23(32)13-22(34-25)24(33)30-21-11-9-20(28)10-12-21/h1-12,22H,13-15H2,(H,30,33). The molecule has 3 aromatic carbocycles. The fourth-order valence-electron chi connectivity index (χ4n) is 3.31. The number of carbonyl (C=O) groups is 2. The van der Waals surface area contributed by atoms with Gasteiger partial charge < -0.3 is 5.32 Å². The summed E-state index contributed by atoms with van der Waals surface area (Å²) in [6.07, 6.45) is -0.0611. The largest absolute Gasteiger partial charge is 0.325 e. The van der Waals surface area contributed by atoms with Gasteiger partial charge in [0.2, 0.25) is 11.8 Å². The van der Waals surface area contributed by atoms with Crippen LogP contribution >= 0.6 is 11.8 Å². The Hall–Kier alpha value is -3.59. The van der Waals surface area contributed by atoms with Gasteiger partial charge in [0.25, 0.3) is 0 Å². The van der Waals surface area contributed by atoms with E-state index in [1.54, 1.807) is 24.3 Å². The third kappa shape index (κ3) is 6.05. The molecule has 1 N–H and O–H groups in total. The summed E-state index contributed by atoms with van der Waals surface area (Å²) in [6.45, 7) is 0.350. The van der Waals surface area contributed by atoms with Gasteiger partial charge in [0, 0.05) is 12.1 Å². The molecule has 174 valence electrons. The third-order valence-electron chi connectivity index (χ3n) is 5.11. The van der Waals surface area contributed by atoms with E-state index in [1.165, 1.54) is 53.4 Å². The number of benzene rings is 3. The Bertz CT molecular complexity index is 1200. The first-order valence-electron chi connectivity index (χ1n) is 10.4. The van der Waals surface area contributed by atoms with E-state index in [-0.39, 0.29) is 37.1 Å². The van der Waals surface area contributed by atoms with Crippen molar-refractivity contribution >= 4 is 34.4 Å². The van der Waals surface area contributed by atoms with Crippen LogP contribution in [0.2, 0.25) is 0 Å². The molecule has 1 fully saturated rings. The summed E-state index contributed by atoms with van der Waals surface area (Å²) in [5, 5.41) is 2.29. The zero-order chi connectivity index (χ0) is 24.1. The molecule has 0 saturated carbocycles. The van der Waals surface area contributed by atoms with Crippen molar-refractivity contribution in [1.29, 1.82) is 0 Å². The SMILES string of the molecule is O=C(Nc1ccc(F)cc1)C1CC(=O)N(Cc2ccc(F)cc2)C(=NCc2ccc(F)cc2)S1. The van der Waals surface area contributed by atoms with Gasteiger partial charge in [-0.05, 0) is 59.7 Å². The van der Waals surface area contributed by atoms with E-state index in [4.69, 9.17) is 0 Å². The van der Waals surface area contributed by atoms with E-state index in [0.717, 1.165) is 17.3 Å². The van der Waals surface area contributed by atoms with Crippen LogP contribution in [0.15, 0.2) is 77.8 Å². The van der Waals surface area contributed by atoms with Gasteiger partial charge in [-0.25, -0.2) is 13.2 Å². The molecule has 2 amide bonds. The molecule has 0 radical (unpaired) electrons. The van der Waals surface area contributed by atoms with Crippen LogP contribution in [0.4, 0.5) is 18.9 Å². The minimum absolute atomic E-state index is 0.0611. The van der Waals surface area contributed by atoms with Crippen molar-refractivity contribution in [2.75, 3.05) is 5.32 Å². The zero-order valence-electron chi connectivity index (χ0n) is 17.9. The average Bonchev–Trinajstić information content (AvgIpc) is 2.83. The molecule has 0 aromatic heterocycles. The number of halogens is 3. The van der Waals surface area contributed by atoms with Gasteiger partial charge in [0.1, 0.15) is 22.7 Å². The predicted molar refractivity (Wildman–Crippen MR) is 126 cm³/mol. The normalized spacial score (nSPS) is 17.1. The van der Waals surface area contributed by atoms with Crippen LogP contribution in [0.3, 0.4) is 0 Å². The van der Waals surface area contributed by atoms with Gasteiger partial charge in [-0.2, -0.15) is 0 Å². The van der Waals surface area contributed by atoms with Crippen LogP contribution in [0.25, 0.3) is 0 Å². The number of anilines is 1. The van der Waals surface area contributed by atoms with Crippen LogP contribution in [-0.4, -0.2) is 27.1 Å². The highest BCUT2D eigenvalue weighted by molar-refractivity contribution is 8.15. The number of rotatable bonds is 6. The smallest absolute Gasteiger partial charge is 0.238 e. The van der Waals surface area contributed by atoms with Gasteiger partial charge in [-0.15, -0.1) is 0 Å². The molecule has 1 atom stereocenters. The fourth-order valence-corrected chi connectivity index (χ4v) is 4.39. The van der Waals surface area contributed by atoms with Crippen LogP contribution in [-0.2, 0) is 22.7 Å². The summed E-state index contributed by atoms with van der Waals surface area (Å²) in [5.41, 5.74) is 1.86. The Labute approximate surface area is 198 Å². The summed E-state index contributed by atoms with van der Waals surface area (Å²) in [7, 11) is 0. The fraction of sp³-hybridized carbons (Fsp3) is 0.160. The molecular formula is C25H20F3N3O2S. The Balaban J connectivity index is 1.54. The van der Waals surface area contributed by atoms with E-state index < -0.39 is 17.0 Å². The summed E-state index contributed by atoms with van der Waals surface area (Å²) in [4.78, 5) is 31.8. The predicted octanol–water partition coefficient (Wildman–Crippen LogP) is 5.13. The molecule has 5 nitrogen and oxygen atoms in total. The second-order valence-electron chi connectivity index (χ2n) is 7.64. The number of amidine groups is 1. The molecule has 1 aliphatic heterocycles. The van der Waals surface area contributed by atoms with Gasteiger partial charge in [0.05, 0.1) is 13.1 Å². The van der Waals surface area contributed by atoms with E-state index in [1.807, 2.05) is 0 Å². The maximum Gasteiger partial charge on any atom is 0.238 e. The van der Waals surface area contributed by atoms with Crippen LogP contribution < -0.4 is 5.32 Å². The van der Waals surface area contributed by atoms with Crippen molar-refractivity contribution in [3.63, 3.8) is 0 Å². The molecule has 1 heterocycles. The molecule has 0 aliphatic carbocycles. The summed E-state index contributed by atoms with van der Waals surface area (Å²) in [5.74, 6) is -1.88. The quantitative estimate of drug-likeness (QED) is 0.529. The van der Waals surface area contributed by atoms with Crippen molar-refractivity contribution in [3.05, 3.63) is 101 Å². The zero-order valence-corrected chi connectivity index (χ0v) is 18.7. The Morgan fingerprint density at radius 1 is 0.882 bits per heavy atom. The molecule has 34 heavy (non-hydrogen) atoms. The van der Waals surface area contributed by atoms with Gasteiger partial charge in [0.15, 0.2) is 5.17 Å². The van der Waals surface area contributed by atoms with Gasteiger partial charge in [-0.1, -0.05) is 36.0 Å². The number of thioether (sulfide) groups is 1. The molecule has 1 unspecified atom stereocenters. The summed E-state index contributed by atoms with van der Waals surface area (Å²) >= 11 is 1.14. The summed E-state index contributed by atoms with van der Waals surface area (Å²) in [6, 6.07) is 17.0. The maximum absolute atomic E-state index is 13.3. The van der Waals surface area contributed by atoms with Gasteiger partial charge >= 0.3 is 0 Å². The minimum atomic E-state index is -0.742. The highest BCUT2D eigenvalue weighted by Crippen LogP contribution is 2.29. The Morgan fingerprint density at radius 2 is 1.41 bits per heavy atom. The lowest BCUT2D eigenvalue weighted by Crippen LogP contribution is -2.45. The van der Waals surface area contributed by atoms with Crippen molar-refractivity contribution in [2.45, 2.75) is 24.8 Å². The second-order valence-corrected chi connectivity index (χ2v) is 8.81. The lowest BCUT2D eigenvalue weighted by atomic mass is 10.2. The molecule has 1 saturated heterocycles. The first-order valence-corrected chi connectivity index (χ1v) is 11.3. The van der Waals surface area contributed by atoms with Crippen molar-refractivity contribution in [2.24, 2.45) is 4.99 Å². The third-order valence-corrected chi connectivity index (χ3v) is 6.33. The molecule has 0 spiro atoms. The van der Waals surface area contributed by atoms with Crippen molar-refractivity contribution < 1.29 is 22.8 Å². The number of carbonyl (C=O) groups excluding carboxylic acids is 2. The van der Waals surface area contributed by atoms with Crippen molar-refractivity contribution in [3.8, 4) is 0 Å². The molecule has 3 aromatic rings. The highest BCUT2D eigenvalue weighted by Gasteiger charge is 2.35. The number of amides is 2. The van der Waals surface area contributed by atoms with E-state index in [2.05, 4.69) is 10.3 Å². The molecule has 4 rings (SSSR count). The number of nitrogens with one attached hydrogen (secondary N) is 1. The van der Waals surface area contributed by atoms with Crippen LogP contribution in [0.5, 0.6) is 0 Å². The molecule has 0 bridgehead atoms. The highest BCUT2D eigenvalue weighted by atomic mass is 32.2. The number of aliphatic imine (C=N–C) groups is 1. The topological polar surface area (TPSA) is 61.8 Å². The summed E-state index contributed by atoms with van der Waals surface area (Å²) < 4.78 is 39.7. The lowest BCUT2D eigenvalue weighted by Gasteiger charge is -2.32. The minimum Gasteiger partial charge on any atom is -0.325 e. The average molecular weight is 484 g/mol. The first kappa shape index (κ1) is 23.6. The second kappa shape index (κ2) is 10.6. The maximum atomic E-state index is 13.3. The molecule has 9 heteroatoms. The van der Waals surface area contributed by atoms with Crippen LogP contribution in [0.1, 0.15) is 17.5 Å². The Morgan fingerprint density at radius 3 is 2.00 bits per heavy atom. The molecule has 1 aliphatic rings. The van der Waals surface area contributed by atoms with Crippen molar-refractivity contribution in [1.82, 2.24) is 4.90 Å². The number of hydrogen-bond acceptors (Lipinski definition) is 4. The number of nitrogens with zero attached hydrogens (tertiary/aromatic N) is 2. The van der Waals surface area contributed by atoms with E-state index in [9.17, 15) is 22.8 Å². The lowest BCUT2D eigenvalue weighted by molar-refractivity contribution is -0.129. The van der Waals surface area contributed by atoms with E-state index >= 15 is 0 Å². The monoisotopic (exact) mass is 483 g/mol.